The van der Waals surface area contributed by atoms with Gasteiger partial charge in [0.1, 0.15) is 5.82 Å². The summed E-state index contributed by atoms with van der Waals surface area (Å²) in [6.07, 6.45) is 3.98. The van der Waals surface area contributed by atoms with Crippen molar-refractivity contribution in [3.63, 3.8) is 0 Å². The number of fused-ring (bicyclic) bond motifs is 1. The minimum Gasteiger partial charge on any atom is -0.348 e. The van der Waals surface area contributed by atoms with Crippen molar-refractivity contribution in [3.05, 3.63) is 29.6 Å². The summed E-state index contributed by atoms with van der Waals surface area (Å²) in [5.41, 5.74) is 0.922. The van der Waals surface area contributed by atoms with Crippen LogP contribution in [0.25, 0.3) is 0 Å². The van der Waals surface area contributed by atoms with Crippen molar-refractivity contribution >= 4 is 17.7 Å². The summed E-state index contributed by atoms with van der Waals surface area (Å²) in [6, 6.07) is 4.71. The van der Waals surface area contributed by atoms with Crippen LogP contribution in [0, 0.1) is 5.82 Å². The molecular weight excluding hydrogens is 275 g/mol. The van der Waals surface area contributed by atoms with E-state index in [1.54, 1.807) is 17.8 Å². The summed E-state index contributed by atoms with van der Waals surface area (Å²) in [4.78, 5) is 13.4. The molecule has 1 saturated heterocycles. The Labute approximate surface area is 122 Å². The maximum atomic E-state index is 13.4. The first-order valence-corrected chi connectivity index (χ1v) is 8.18. The van der Waals surface area contributed by atoms with Crippen molar-refractivity contribution in [2.45, 2.75) is 42.7 Å². The number of carbonyl (C=O) groups is 1. The molecule has 2 atom stereocenters. The van der Waals surface area contributed by atoms with E-state index in [-0.39, 0.29) is 23.8 Å². The Hall–Kier alpha value is -1.07. The van der Waals surface area contributed by atoms with Gasteiger partial charge in [-0.05, 0) is 49.6 Å². The van der Waals surface area contributed by atoms with Gasteiger partial charge in [0.2, 0.25) is 5.91 Å². The molecule has 2 aliphatic heterocycles. The largest absolute Gasteiger partial charge is 0.348 e. The van der Waals surface area contributed by atoms with Crippen LogP contribution in [-0.2, 0) is 4.79 Å². The van der Waals surface area contributed by atoms with Crippen molar-refractivity contribution in [3.8, 4) is 0 Å². The summed E-state index contributed by atoms with van der Waals surface area (Å²) < 4.78 is 13.4. The van der Waals surface area contributed by atoms with E-state index in [1.807, 2.05) is 6.07 Å². The number of hydrogen-bond donors (Lipinski definition) is 2. The van der Waals surface area contributed by atoms with E-state index in [2.05, 4.69) is 10.6 Å². The van der Waals surface area contributed by atoms with E-state index in [9.17, 15) is 9.18 Å². The Kier molecular flexibility index (Phi) is 4.27. The first-order chi connectivity index (χ1) is 9.74. The van der Waals surface area contributed by atoms with Crippen LogP contribution in [0.15, 0.2) is 23.1 Å². The molecule has 20 heavy (non-hydrogen) atoms. The summed E-state index contributed by atoms with van der Waals surface area (Å²) in [7, 11) is 0. The fraction of sp³-hybridized carbons (Fsp3) is 0.533. The zero-order valence-corrected chi connectivity index (χ0v) is 12.1. The molecule has 1 aromatic carbocycles. The SMILES string of the molecule is O=C(NC1CCSc2ccc(F)cc21)C1CCCCN1. The second-order valence-electron chi connectivity index (χ2n) is 5.38. The summed E-state index contributed by atoms with van der Waals surface area (Å²) in [6.45, 7) is 0.907. The number of nitrogens with one attached hydrogen (secondary N) is 2. The van der Waals surface area contributed by atoms with Crippen LogP contribution >= 0.6 is 11.8 Å². The molecule has 3 nitrogen and oxygen atoms in total. The van der Waals surface area contributed by atoms with Gasteiger partial charge in [0, 0.05) is 10.6 Å². The van der Waals surface area contributed by atoms with Gasteiger partial charge < -0.3 is 10.6 Å². The summed E-state index contributed by atoms with van der Waals surface area (Å²) in [5, 5.41) is 6.34. The molecule has 0 aliphatic carbocycles. The Bertz CT molecular complexity index is 503. The standard InChI is InChI=1S/C15H19FN2OS/c16-10-4-5-14-11(9-10)12(6-8-20-14)18-15(19)13-3-1-2-7-17-13/h4-5,9,12-13,17H,1-3,6-8H2,(H,18,19). The van der Waals surface area contributed by atoms with E-state index in [1.165, 1.54) is 6.07 Å². The third-order valence-electron chi connectivity index (χ3n) is 3.95. The van der Waals surface area contributed by atoms with Crippen LogP contribution in [0.2, 0.25) is 0 Å². The van der Waals surface area contributed by atoms with Crippen molar-refractivity contribution in [1.29, 1.82) is 0 Å². The normalized spacial score (nSPS) is 25.9. The molecule has 0 aromatic heterocycles. The van der Waals surface area contributed by atoms with E-state index in [0.29, 0.717) is 0 Å². The predicted octanol–water partition coefficient (Wildman–Crippen LogP) is 2.62. The molecule has 1 aromatic rings. The average Bonchev–Trinajstić information content (AvgIpc) is 2.49. The number of piperidine rings is 1. The third kappa shape index (κ3) is 2.99. The maximum Gasteiger partial charge on any atom is 0.237 e. The molecule has 2 N–H and O–H groups in total. The molecule has 0 saturated carbocycles. The van der Waals surface area contributed by atoms with Gasteiger partial charge in [-0.3, -0.25) is 4.79 Å². The lowest BCUT2D eigenvalue weighted by molar-refractivity contribution is -0.124. The lowest BCUT2D eigenvalue weighted by atomic mass is 10.0. The highest BCUT2D eigenvalue weighted by Gasteiger charge is 2.27. The smallest absolute Gasteiger partial charge is 0.237 e. The van der Waals surface area contributed by atoms with E-state index in [4.69, 9.17) is 0 Å². The fourth-order valence-electron chi connectivity index (χ4n) is 2.86. The number of thioether (sulfide) groups is 1. The molecule has 1 fully saturated rings. The van der Waals surface area contributed by atoms with Crippen LogP contribution < -0.4 is 10.6 Å². The summed E-state index contributed by atoms with van der Waals surface area (Å²) in [5.74, 6) is 0.778. The van der Waals surface area contributed by atoms with Crippen LogP contribution in [-0.4, -0.2) is 24.2 Å². The number of hydrogen-bond acceptors (Lipinski definition) is 3. The van der Waals surface area contributed by atoms with Gasteiger partial charge in [-0.15, -0.1) is 11.8 Å². The van der Waals surface area contributed by atoms with Crippen molar-refractivity contribution in [2.75, 3.05) is 12.3 Å². The molecule has 2 heterocycles. The van der Waals surface area contributed by atoms with Crippen LogP contribution in [0.5, 0.6) is 0 Å². The maximum absolute atomic E-state index is 13.4. The molecule has 1 amide bonds. The molecule has 0 radical (unpaired) electrons. The molecule has 2 unspecified atom stereocenters. The minimum absolute atomic E-state index is 0.0526. The fourth-order valence-corrected chi connectivity index (χ4v) is 3.97. The van der Waals surface area contributed by atoms with Gasteiger partial charge >= 0.3 is 0 Å². The predicted molar refractivity (Wildman–Crippen MR) is 78.3 cm³/mol. The lowest BCUT2D eigenvalue weighted by Crippen LogP contribution is -2.47. The van der Waals surface area contributed by atoms with E-state index >= 15 is 0 Å². The molecule has 0 bridgehead atoms. The van der Waals surface area contributed by atoms with Gasteiger partial charge in [-0.2, -0.15) is 0 Å². The zero-order valence-electron chi connectivity index (χ0n) is 11.3. The van der Waals surface area contributed by atoms with Crippen molar-refractivity contribution in [1.82, 2.24) is 10.6 Å². The first-order valence-electron chi connectivity index (χ1n) is 7.20. The molecule has 3 rings (SSSR count). The Morgan fingerprint density at radius 1 is 1.35 bits per heavy atom. The quantitative estimate of drug-likeness (QED) is 0.881. The highest BCUT2D eigenvalue weighted by Crippen LogP contribution is 2.36. The molecule has 108 valence electrons. The number of benzene rings is 1. The number of amides is 1. The molecular formula is C15H19FN2OS. The van der Waals surface area contributed by atoms with Crippen molar-refractivity contribution < 1.29 is 9.18 Å². The van der Waals surface area contributed by atoms with Gasteiger partial charge in [-0.1, -0.05) is 6.42 Å². The average molecular weight is 294 g/mol. The highest BCUT2D eigenvalue weighted by molar-refractivity contribution is 7.99. The minimum atomic E-state index is -0.235. The van der Waals surface area contributed by atoms with E-state index < -0.39 is 0 Å². The second-order valence-corrected chi connectivity index (χ2v) is 6.52. The first kappa shape index (κ1) is 13.9. The van der Waals surface area contributed by atoms with Gasteiger partial charge in [-0.25, -0.2) is 4.39 Å². The third-order valence-corrected chi connectivity index (χ3v) is 5.08. The van der Waals surface area contributed by atoms with Crippen LogP contribution in [0.3, 0.4) is 0 Å². The van der Waals surface area contributed by atoms with Gasteiger partial charge in [0.05, 0.1) is 12.1 Å². The van der Waals surface area contributed by atoms with Crippen LogP contribution in [0.1, 0.15) is 37.3 Å². The number of carbonyl (C=O) groups excluding carboxylic acids is 1. The molecule has 0 spiro atoms. The Balaban J connectivity index is 1.72. The molecule has 2 aliphatic rings. The zero-order chi connectivity index (χ0) is 13.9. The molecule has 5 heteroatoms. The number of rotatable bonds is 2. The van der Waals surface area contributed by atoms with E-state index in [0.717, 1.165) is 48.4 Å². The summed E-state index contributed by atoms with van der Waals surface area (Å²) >= 11 is 1.73. The van der Waals surface area contributed by atoms with Gasteiger partial charge in [0.25, 0.3) is 0 Å². The van der Waals surface area contributed by atoms with Crippen molar-refractivity contribution in [2.24, 2.45) is 0 Å². The van der Waals surface area contributed by atoms with Crippen LogP contribution in [0.4, 0.5) is 4.39 Å². The highest BCUT2D eigenvalue weighted by atomic mass is 32.2. The Morgan fingerprint density at radius 2 is 2.25 bits per heavy atom. The lowest BCUT2D eigenvalue weighted by Gasteiger charge is -2.29. The Morgan fingerprint density at radius 3 is 3.05 bits per heavy atom. The second kappa shape index (κ2) is 6.14. The monoisotopic (exact) mass is 294 g/mol. The number of halogens is 1. The topological polar surface area (TPSA) is 41.1 Å². The van der Waals surface area contributed by atoms with Gasteiger partial charge in [0.15, 0.2) is 0 Å².